The van der Waals surface area contributed by atoms with Gasteiger partial charge in [0.25, 0.3) is 0 Å². The first-order chi connectivity index (χ1) is 1.73. The fraction of sp³-hybridized carbons (Fsp3) is 1.00. The zero-order chi connectivity index (χ0) is 3.58. The van der Waals surface area contributed by atoms with Crippen LogP contribution in [0, 0.1) is 0 Å². The average Bonchev–Trinajstić information content (AvgIpc) is 0.811. The summed E-state index contributed by atoms with van der Waals surface area (Å²) in [5.41, 5.74) is 0. The Labute approximate surface area is 74.9 Å². The maximum Gasteiger partial charge on any atom is 0.0483 e. The lowest BCUT2D eigenvalue weighted by Gasteiger charge is -1.80. The van der Waals surface area contributed by atoms with Crippen molar-refractivity contribution < 1.29 is 5.11 Å². The first kappa shape index (κ1) is 35.4. The Balaban J connectivity index is -0.00000000750. The van der Waals surface area contributed by atoms with Crippen LogP contribution >= 0.6 is 49.6 Å². The molecule has 0 unspecified atom stereocenters. The fourth-order valence-electron chi connectivity index (χ4n) is 0. The quantitative estimate of drug-likeness (QED) is 0.643. The van der Waals surface area contributed by atoms with Crippen LogP contribution in [0.5, 0.6) is 0 Å². The van der Waals surface area contributed by atoms with E-state index in [1.165, 1.54) is 0 Å². The van der Waals surface area contributed by atoms with Crippen LogP contribution in [0.3, 0.4) is 0 Å². The highest BCUT2D eigenvalue weighted by Crippen LogP contribution is 1.65. The molecule has 0 aliphatic heterocycles. The van der Waals surface area contributed by atoms with Gasteiger partial charge >= 0.3 is 0 Å². The van der Waals surface area contributed by atoms with Crippen molar-refractivity contribution in [2.24, 2.45) is 0 Å². The topological polar surface area (TPSA) is 20.2 Å². The summed E-state index contributed by atoms with van der Waals surface area (Å²) in [4.78, 5) is 0. The summed E-state index contributed by atoms with van der Waals surface area (Å²) in [6, 6.07) is 0. The third-order valence-electron chi connectivity index (χ3n) is 0. The van der Waals surface area contributed by atoms with E-state index in [9.17, 15) is 0 Å². The molecule has 0 aromatic carbocycles. The Bertz CT molecular complexity index is 16.0. The van der Waals surface area contributed by atoms with E-state index in [4.69, 9.17) is 5.11 Å². The number of hydrogen-bond donors (Lipinski definition) is 1. The summed E-state index contributed by atoms with van der Waals surface area (Å²) in [6.45, 7) is 3.44. The molecule has 0 bridgehead atoms. The van der Waals surface area contributed by atoms with Crippen molar-refractivity contribution >= 4 is 49.6 Å². The van der Waals surface area contributed by atoms with E-state index in [2.05, 4.69) is 0 Å². The molecule has 0 fully saturated rings. The molecule has 8 heavy (non-hydrogen) atoms. The number of aliphatic hydroxyl groups excluding tert-OH is 1. The van der Waals surface area contributed by atoms with E-state index >= 15 is 0 Å². The number of rotatable bonds is 0. The number of aliphatic hydroxyl groups is 1. The third-order valence-corrected chi connectivity index (χ3v) is 0. The lowest BCUT2D eigenvalue weighted by atomic mass is 10.5. The van der Waals surface area contributed by atoms with Crippen LogP contribution < -0.4 is 0 Å². The zero-order valence-corrected chi connectivity index (χ0v) is 7.92. The minimum Gasteiger partial charge on any atom is -0.394 e. The SMILES string of the molecule is CC(C)O.Cl.Cl.Cl.Cl. The van der Waals surface area contributed by atoms with Gasteiger partial charge in [0.2, 0.25) is 0 Å². The van der Waals surface area contributed by atoms with Gasteiger partial charge in [0.05, 0.1) is 0 Å². The van der Waals surface area contributed by atoms with E-state index in [1.807, 2.05) is 0 Å². The molecular formula is C3H12Cl4O. The molecule has 0 heterocycles. The van der Waals surface area contributed by atoms with Crippen LogP contribution in [0.15, 0.2) is 0 Å². The van der Waals surface area contributed by atoms with Gasteiger partial charge < -0.3 is 5.11 Å². The van der Waals surface area contributed by atoms with Crippen LogP contribution in [-0.4, -0.2) is 11.2 Å². The molecule has 0 aromatic heterocycles. The van der Waals surface area contributed by atoms with E-state index in [1.54, 1.807) is 13.8 Å². The average molecular weight is 206 g/mol. The summed E-state index contributed by atoms with van der Waals surface area (Å²) in [6.07, 6.45) is -0.167. The van der Waals surface area contributed by atoms with Crippen LogP contribution in [-0.2, 0) is 0 Å². The van der Waals surface area contributed by atoms with Gasteiger partial charge in [0.15, 0.2) is 0 Å². The lowest BCUT2D eigenvalue weighted by molar-refractivity contribution is 0.216. The van der Waals surface area contributed by atoms with Crippen molar-refractivity contribution in [3.8, 4) is 0 Å². The van der Waals surface area contributed by atoms with Crippen LogP contribution in [0.2, 0.25) is 0 Å². The van der Waals surface area contributed by atoms with Gasteiger partial charge in [-0.1, -0.05) is 0 Å². The van der Waals surface area contributed by atoms with E-state index < -0.39 is 0 Å². The first-order valence-electron chi connectivity index (χ1n) is 1.41. The molecule has 1 N–H and O–H groups in total. The summed E-state index contributed by atoms with van der Waals surface area (Å²) in [7, 11) is 0. The smallest absolute Gasteiger partial charge is 0.0483 e. The Morgan fingerprint density at radius 1 is 0.875 bits per heavy atom. The molecule has 0 amide bonds. The summed E-state index contributed by atoms with van der Waals surface area (Å²) in [5.74, 6) is 0. The second-order valence-corrected chi connectivity index (χ2v) is 1.09. The Morgan fingerprint density at radius 3 is 0.875 bits per heavy atom. The molecule has 0 saturated carbocycles. The first-order valence-corrected chi connectivity index (χ1v) is 1.41. The molecule has 0 saturated heterocycles. The lowest BCUT2D eigenvalue weighted by Crippen LogP contribution is -1.85. The van der Waals surface area contributed by atoms with Crippen molar-refractivity contribution in [2.75, 3.05) is 0 Å². The largest absolute Gasteiger partial charge is 0.394 e. The van der Waals surface area contributed by atoms with E-state index in [-0.39, 0.29) is 55.7 Å². The standard InChI is InChI=1S/C3H8O.4ClH/c1-3(2)4;;;;/h3-4H,1-2H3;4*1H. The molecule has 0 aromatic rings. The van der Waals surface area contributed by atoms with Crippen molar-refractivity contribution in [1.82, 2.24) is 0 Å². The zero-order valence-electron chi connectivity index (χ0n) is 4.66. The van der Waals surface area contributed by atoms with Gasteiger partial charge in [-0.3, -0.25) is 0 Å². The molecule has 0 atom stereocenters. The van der Waals surface area contributed by atoms with Crippen LogP contribution in [0.4, 0.5) is 0 Å². The van der Waals surface area contributed by atoms with Crippen LogP contribution in [0.25, 0.3) is 0 Å². The van der Waals surface area contributed by atoms with Crippen molar-refractivity contribution in [1.29, 1.82) is 0 Å². The van der Waals surface area contributed by atoms with Crippen molar-refractivity contribution in [3.05, 3.63) is 0 Å². The van der Waals surface area contributed by atoms with Gasteiger partial charge in [0.1, 0.15) is 0 Å². The number of hydrogen-bond acceptors (Lipinski definition) is 1. The molecule has 0 rings (SSSR count). The normalized spacial score (nSPS) is 4.50. The maximum absolute atomic E-state index is 8.06. The minimum absolute atomic E-state index is 0. The molecule has 0 aliphatic rings. The fourth-order valence-corrected chi connectivity index (χ4v) is 0. The molecule has 0 radical (unpaired) electrons. The molecule has 0 aliphatic carbocycles. The second kappa shape index (κ2) is 24.3. The minimum atomic E-state index is -0.167. The summed E-state index contributed by atoms with van der Waals surface area (Å²) < 4.78 is 0. The van der Waals surface area contributed by atoms with Gasteiger partial charge in [-0.15, -0.1) is 49.6 Å². The molecule has 58 valence electrons. The molecule has 5 heteroatoms. The van der Waals surface area contributed by atoms with Gasteiger partial charge in [0, 0.05) is 6.10 Å². The maximum atomic E-state index is 8.06. The summed E-state index contributed by atoms with van der Waals surface area (Å²) >= 11 is 0. The Morgan fingerprint density at radius 2 is 0.875 bits per heavy atom. The predicted molar refractivity (Wildman–Crippen MR) is 46.3 cm³/mol. The highest BCUT2D eigenvalue weighted by molar-refractivity contribution is 5.86. The monoisotopic (exact) mass is 204 g/mol. The van der Waals surface area contributed by atoms with E-state index in [0.29, 0.717) is 0 Å². The Hall–Kier alpha value is 1.12. The van der Waals surface area contributed by atoms with Crippen molar-refractivity contribution in [3.63, 3.8) is 0 Å². The van der Waals surface area contributed by atoms with Gasteiger partial charge in [-0.05, 0) is 13.8 Å². The molecular weight excluding hydrogens is 194 g/mol. The summed E-state index contributed by atoms with van der Waals surface area (Å²) in [5, 5.41) is 8.06. The van der Waals surface area contributed by atoms with Gasteiger partial charge in [-0.2, -0.15) is 0 Å². The number of halogens is 4. The van der Waals surface area contributed by atoms with Gasteiger partial charge in [-0.25, -0.2) is 0 Å². The molecule has 1 nitrogen and oxygen atoms in total. The van der Waals surface area contributed by atoms with Crippen LogP contribution in [0.1, 0.15) is 13.8 Å². The highest BCUT2D eigenvalue weighted by Gasteiger charge is 1.69. The van der Waals surface area contributed by atoms with E-state index in [0.717, 1.165) is 0 Å². The Kier molecular flexibility index (Phi) is 107. The predicted octanol–water partition coefficient (Wildman–Crippen LogP) is 2.07. The molecule has 0 spiro atoms. The second-order valence-electron chi connectivity index (χ2n) is 1.09. The highest BCUT2D eigenvalue weighted by atomic mass is 35.5. The third kappa shape index (κ3) is 213. The van der Waals surface area contributed by atoms with Crippen molar-refractivity contribution in [2.45, 2.75) is 20.0 Å².